The van der Waals surface area contributed by atoms with Gasteiger partial charge in [0.05, 0.1) is 0 Å². The molecule has 0 saturated carbocycles. The van der Waals surface area contributed by atoms with Gasteiger partial charge in [-0.2, -0.15) is 0 Å². The molecule has 1 heterocycles. The smallest absolute Gasteiger partial charge is 0.162 e. The van der Waals surface area contributed by atoms with Crippen LogP contribution in [0.25, 0.3) is 0 Å². The predicted molar refractivity (Wildman–Crippen MR) is 82.6 cm³/mol. The number of ketones is 1. The van der Waals surface area contributed by atoms with E-state index in [-0.39, 0.29) is 11.9 Å². The molecule has 0 spiro atoms. The lowest BCUT2D eigenvalue weighted by Crippen LogP contribution is -2.05. The van der Waals surface area contributed by atoms with Gasteiger partial charge in [-0.15, -0.1) is 0 Å². The third-order valence-corrected chi connectivity index (χ3v) is 3.98. The SMILES string of the molecule is CCCCCCCCC(=O)c1ccc2c(c1)CC(C)O2. The summed E-state index contributed by atoms with van der Waals surface area (Å²) >= 11 is 0. The molecule has 0 aliphatic carbocycles. The van der Waals surface area contributed by atoms with Crippen LogP contribution in [0.5, 0.6) is 5.75 Å². The highest BCUT2D eigenvalue weighted by Gasteiger charge is 2.20. The lowest BCUT2D eigenvalue weighted by atomic mass is 10.0. The zero-order chi connectivity index (χ0) is 14.4. The number of rotatable bonds is 8. The normalized spacial score (nSPS) is 16.8. The Kier molecular flexibility index (Phi) is 5.63. The van der Waals surface area contributed by atoms with Crippen LogP contribution in [0.4, 0.5) is 0 Å². The van der Waals surface area contributed by atoms with Crippen molar-refractivity contribution < 1.29 is 9.53 Å². The molecule has 0 aromatic heterocycles. The van der Waals surface area contributed by atoms with E-state index < -0.39 is 0 Å². The number of ether oxygens (including phenoxy) is 1. The van der Waals surface area contributed by atoms with E-state index in [4.69, 9.17) is 4.74 Å². The van der Waals surface area contributed by atoms with E-state index in [2.05, 4.69) is 13.8 Å². The third kappa shape index (κ3) is 4.09. The second kappa shape index (κ2) is 7.47. The van der Waals surface area contributed by atoms with Crippen molar-refractivity contribution in [1.29, 1.82) is 0 Å². The van der Waals surface area contributed by atoms with Gasteiger partial charge in [0.15, 0.2) is 5.78 Å². The molecule has 2 rings (SSSR count). The lowest BCUT2D eigenvalue weighted by molar-refractivity contribution is 0.0979. The van der Waals surface area contributed by atoms with E-state index in [0.717, 1.165) is 24.2 Å². The molecule has 0 radical (unpaired) electrons. The summed E-state index contributed by atoms with van der Waals surface area (Å²) in [6, 6.07) is 5.89. The number of hydrogen-bond donors (Lipinski definition) is 0. The van der Waals surface area contributed by atoms with Crippen LogP contribution >= 0.6 is 0 Å². The topological polar surface area (TPSA) is 26.3 Å². The average Bonchev–Trinajstić information content (AvgIpc) is 2.81. The minimum Gasteiger partial charge on any atom is -0.490 e. The Bertz CT molecular complexity index is 451. The van der Waals surface area contributed by atoms with Crippen molar-refractivity contribution in [3.8, 4) is 5.75 Å². The Morgan fingerprint density at radius 1 is 1.20 bits per heavy atom. The van der Waals surface area contributed by atoms with Crippen molar-refractivity contribution >= 4 is 5.78 Å². The fourth-order valence-electron chi connectivity index (χ4n) is 2.81. The predicted octanol–water partition coefficient (Wildman–Crippen LogP) is 4.94. The van der Waals surface area contributed by atoms with Crippen molar-refractivity contribution in [2.75, 3.05) is 0 Å². The molecule has 20 heavy (non-hydrogen) atoms. The molecule has 1 aliphatic rings. The molecule has 1 aliphatic heterocycles. The van der Waals surface area contributed by atoms with Crippen molar-refractivity contribution in [2.45, 2.75) is 71.3 Å². The van der Waals surface area contributed by atoms with Crippen LogP contribution in [0.1, 0.15) is 74.7 Å². The average molecular weight is 274 g/mol. The summed E-state index contributed by atoms with van der Waals surface area (Å²) in [5.41, 5.74) is 2.04. The molecule has 110 valence electrons. The van der Waals surface area contributed by atoms with E-state index in [9.17, 15) is 4.79 Å². The highest BCUT2D eigenvalue weighted by molar-refractivity contribution is 5.96. The first kappa shape index (κ1) is 15.1. The van der Waals surface area contributed by atoms with Crippen LogP contribution in [0, 0.1) is 0 Å². The lowest BCUT2D eigenvalue weighted by Gasteiger charge is -2.04. The molecule has 1 unspecified atom stereocenters. The summed E-state index contributed by atoms with van der Waals surface area (Å²) in [4.78, 5) is 12.2. The van der Waals surface area contributed by atoms with Gasteiger partial charge in [-0.25, -0.2) is 0 Å². The van der Waals surface area contributed by atoms with Crippen LogP contribution in [-0.2, 0) is 6.42 Å². The Morgan fingerprint density at radius 3 is 2.75 bits per heavy atom. The fraction of sp³-hybridized carbons (Fsp3) is 0.611. The summed E-state index contributed by atoms with van der Waals surface area (Å²) in [7, 11) is 0. The first-order valence-electron chi connectivity index (χ1n) is 8.03. The summed E-state index contributed by atoms with van der Waals surface area (Å²) in [6.07, 6.45) is 9.20. The number of hydrogen-bond acceptors (Lipinski definition) is 2. The minimum atomic E-state index is 0.244. The van der Waals surface area contributed by atoms with Crippen molar-refractivity contribution in [3.05, 3.63) is 29.3 Å². The molecule has 0 saturated heterocycles. The zero-order valence-electron chi connectivity index (χ0n) is 12.8. The van der Waals surface area contributed by atoms with Crippen molar-refractivity contribution in [2.24, 2.45) is 0 Å². The highest BCUT2D eigenvalue weighted by atomic mass is 16.5. The van der Waals surface area contributed by atoms with E-state index in [1.165, 1.54) is 37.7 Å². The van der Waals surface area contributed by atoms with E-state index >= 15 is 0 Å². The molecule has 1 aromatic rings. The van der Waals surface area contributed by atoms with Crippen LogP contribution in [0.3, 0.4) is 0 Å². The van der Waals surface area contributed by atoms with Gasteiger partial charge >= 0.3 is 0 Å². The zero-order valence-corrected chi connectivity index (χ0v) is 12.8. The molecule has 1 atom stereocenters. The Labute approximate surface area is 122 Å². The Hall–Kier alpha value is -1.31. The second-order valence-electron chi connectivity index (χ2n) is 5.90. The summed E-state index contributed by atoms with van der Waals surface area (Å²) in [5.74, 6) is 1.23. The minimum absolute atomic E-state index is 0.244. The van der Waals surface area contributed by atoms with E-state index in [1.54, 1.807) is 0 Å². The van der Waals surface area contributed by atoms with Gasteiger partial charge in [0, 0.05) is 18.4 Å². The summed E-state index contributed by atoms with van der Waals surface area (Å²) in [5, 5.41) is 0. The largest absolute Gasteiger partial charge is 0.490 e. The number of benzene rings is 1. The van der Waals surface area contributed by atoms with E-state index in [1.807, 2.05) is 18.2 Å². The van der Waals surface area contributed by atoms with Gasteiger partial charge in [0.1, 0.15) is 11.9 Å². The maximum absolute atomic E-state index is 12.2. The summed E-state index contributed by atoms with van der Waals surface area (Å²) in [6.45, 7) is 4.29. The van der Waals surface area contributed by atoms with Gasteiger partial charge in [0.2, 0.25) is 0 Å². The third-order valence-electron chi connectivity index (χ3n) is 3.98. The first-order valence-corrected chi connectivity index (χ1v) is 8.03. The van der Waals surface area contributed by atoms with Gasteiger partial charge in [-0.1, -0.05) is 39.0 Å². The molecule has 0 N–H and O–H groups in total. The van der Waals surface area contributed by atoms with Gasteiger partial charge in [-0.3, -0.25) is 4.79 Å². The first-order chi connectivity index (χ1) is 9.70. The maximum atomic E-state index is 12.2. The fourth-order valence-corrected chi connectivity index (χ4v) is 2.81. The van der Waals surface area contributed by atoms with Crippen LogP contribution < -0.4 is 4.74 Å². The van der Waals surface area contributed by atoms with E-state index in [0.29, 0.717) is 6.42 Å². The van der Waals surface area contributed by atoms with Crippen LogP contribution in [0.2, 0.25) is 0 Å². The number of Topliss-reactive ketones (excluding diaryl/α,β-unsaturated/α-hetero) is 1. The number of unbranched alkanes of at least 4 members (excludes halogenated alkanes) is 5. The molecule has 2 nitrogen and oxygen atoms in total. The van der Waals surface area contributed by atoms with Crippen LogP contribution in [-0.4, -0.2) is 11.9 Å². The van der Waals surface area contributed by atoms with Gasteiger partial charge in [-0.05, 0) is 37.1 Å². The van der Waals surface area contributed by atoms with Crippen LogP contribution in [0.15, 0.2) is 18.2 Å². The Morgan fingerprint density at radius 2 is 1.95 bits per heavy atom. The monoisotopic (exact) mass is 274 g/mol. The number of carbonyl (C=O) groups excluding carboxylic acids is 1. The highest BCUT2D eigenvalue weighted by Crippen LogP contribution is 2.29. The van der Waals surface area contributed by atoms with Crippen molar-refractivity contribution in [1.82, 2.24) is 0 Å². The number of fused-ring (bicyclic) bond motifs is 1. The van der Waals surface area contributed by atoms with Crippen molar-refractivity contribution in [3.63, 3.8) is 0 Å². The molecule has 1 aromatic carbocycles. The molecule has 0 fully saturated rings. The standard InChI is InChI=1S/C18H26O2/c1-3-4-5-6-7-8-9-17(19)15-10-11-18-16(13-15)12-14(2)20-18/h10-11,13-14H,3-9,12H2,1-2H3. The second-order valence-corrected chi connectivity index (χ2v) is 5.90. The molecule has 0 bridgehead atoms. The Balaban J connectivity index is 1.77. The maximum Gasteiger partial charge on any atom is 0.162 e. The molecule has 2 heteroatoms. The van der Waals surface area contributed by atoms with Gasteiger partial charge in [0.25, 0.3) is 0 Å². The number of carbonyl (C=O) groups is 1. The molecular formula is C18H26O2. The summed E-state index contributed by atoms with van der Waals surface area (Å²) < 4.78 is 5.67. The molecular weight excluding hydrogens is 248 g/mol. The van der Waals surface area contributed by atoms with Gasteiger partial charge < -0.3 is 4.74 Å². The quantitative estimate of drug-likeness (QED) is 0.495. The molecule has 0 amide bonds.